The summed E-state index contributed by atoms with van der Waals surface area (Å²) in [7, 11) is -0.744. The average molecular weight is 462 g/mol. The Kier molecular flexibility index (Phi) is 7.18. The van der Waals surface area contributed by atoms with Crippen molar-refractivity contribution in [3.05, 3.63) is 47.5 Å². The van der Waals surface area contributed by atoms with Crippen molar-refractivity contribution < 1.29 is 22.7 Å². The van der Waals surface area contributed by atoms with E-state index in [1.807, 2.05) is 6.07 Å². The van der Waals surface area contributed by atoms with Crippen molar-refractivity contribution in [3.8, 4) is 11.5 Å². The Bertz CT molecular complexity index is 1080. The number of benzene rings is 2. The van der Waals surface area contributed by atoms with Crippen LogP contribution in [0.2, 0.25) is 0 Å². The second-order valence-electron chi connectivity index (χ2n) is 7.89. The predicted molar refractivity (Wildman–Crippen MR) is 126 cm³/mol. The standard InChI is InChI=1S/C23H31N3O5S/c1-17-7-6-8-20(18(17)2)24-11-13-25(14-12-24)23(27)16-26(32(5,28)29)21-10-9-19(30-3)15-22(21)31-4/h6-10,15H,11-14,16H2,1-5H3. The van der Waals surface area contributed by atoms with Crippen LogP contribution < -0.4 is 18.7 Å². The maximum absolute atomic E-state index is 13.1. The molecule has 1 fully saturated rings. The first-order valence-electron chi connectivity index (χ1n) is 10.4. The van der Waals surface area contributed by atoms with Crippen molar-refractivity contribution >= 4 is 27.3 Å². The van der Waals surface area contributed by atoms with E-state index >= 15 is 0 Å². The molecule has 1 aliphatic rings. The van der Waals surface area contributed by atoms with E-state index in [0.717, 1.165) is 10.6 Å². The zero-order chi connectivity index (χ0) is 23.5. The van der Waals surface area contributed by atoms with E-state index in [1.165, 1.54) is 31.0 Å². The highest BCUT2D eigenvalue weighted by atomic mass is 32.2. The zero-order valence-corrected chi connectivity index (χ0v) is 20.1. The minimum absolute atomic E-state index is 0.242. The van der Waals surface area contributed by atoms with Crippen molar-refractivity contribution in [3.63, 3.8) is 0 Å². The van der Waals surface area contributed by atoms with Crippen molar-refractivity contribution in [1.82, 2.24) is 4.90 Å². The number of ether oxygens (including phenoxy) is 2. The Morgan fingerprint density at radius 2 is 1.72 bits per heavy atom. The van der Waals surface area contributed by atoms with Gasteiger partial charge >= 0.3 is 0 Å². The molecule has 0 spiro atoms. The summed E-state index contributed by atoms with van der Waals surface area (Å²) in [5.74, 6) is 0.615. The lowest BCUT2D eigenvalue weighted by Crippen LogP contribution is -2.52. The summed E-state index contributed by atoms with van der Waals surface area (Å²) in [6.07, 6.45) is 1.09. The van der Waals surface area contributed by atoms with Gasteiger partial charge in [-0.25, -0.2) is 8.42 Å². The molecular formula is C23H31N3O5S. The molecule has 0 bridgehead atoms. The van der Waals surface area contributed by atoms with Gasteiger partial charge in [0.25, 0.3) is 0 Å². The number of hydrogen-bond donors (Lipinski definition) is 0. The summed E-state index contributed by atoms with van der Waals surface area (Å²) in [4.78, 5) is 17.0. The average Bonchev–Trinajstić information content (AvgIpc) is 2.78. The van der Waals surface area contributed by atoms with E-state index in [-0.39, 0.29) is 12.5 Å². The molecule has 0 saturated carbocycles. The summed E-state index contributed by atoms with van der Waals surface area (Å²) in [5, 5.41) is 0. The number of sulfonamides is 1. The Morgan fingerprint density at radius 1 is 1.03 bits per heavy atom. The summed E-state index contributed by atoms with van der Waals surface area (Å²) in [6.45, 7) is 6.36. The number of anilines is 2. The van der Waals surface area contributed by atoms with Crippen LogP contribution in [-0.2, 0) is 14.8 Å². The molecule has 0 N–H and O–H groups in total. The summed E-state index contributed by atoms with van der Waals surface area (Å²) < 4.78 is 36.7. The number of methoxy groups -OCH3 is 2. The SMILES string of the molecule is COc1ccc(N(CC(=O)N2CCN(c3cccc(C)c3C)CC2)S(C)(=O)=O)c(OC)c1. The van der Waals surface area contributed by atoms with Gasteiger partial charge in [-0.3, -0.25) is 9.10 Å². The van der Waals surface area contributed by atoms with Gasteiger partial charge in [-0.15, -0.1) is 0 Å². The molecule has 0 radical (unpaired) electrons. The number of carbonyl (C=O) groups excluding carboxylic acids is 1. The fourth-order valence-corrected chi connectivity index (χ4v) is 4.72. The quantitative estimate of drug-likeness (QED) is 0.630. The largest absolute Gasteiger partial charge is 0.497 e. The van der Waals surface area contributed by atoms with Crippen LogP contribution in [0.5, 0.6) is 11.5 Å². The summed E-state index contributed by atoms with van der Waals surface area (Å²) in [6, 6.07) is 11.1. The van der Waals surface area contributed by atoms with E-state index in [2.05, 4.69) is 30.9 Å². The second kappa shape index (κ2) is 9.68. The molecule has 0 atom stereocenters. The third-order valence-electron chi connectivity index (χ3n) is 5.88. The van der Waals surface area contributed by atoms with Gasteiger partial charge in [0.1, 0.15) is 18.0 Å². The van der Waals surface area contributed by atoms with Gasteiger partial charge in [0.15, 0.2) is 0 Å². The monoisotopic (exact) mass is 461 g/mol. The van der Waals surface area contributed by atoms with E-state index in [4.69, 9.17) is 9.47 Å². The number of hydrogen-bond acceptors (Lipinski definition) is 6. The fraction of sp³-hybridized carbons (Fsp3) is 0.435. The molecule has 1 aliphatic heterocycles. The highest BCUT2D eigenvalue weighted by Gasteiger charge is 2.28. The Labute approximate surface area is 190 Å². The summed E-state index contributed by atoms with van der Waals surface area (Å²) in [5.41, 5.74) is 3.95. The van der Waals surface area contributed by atoms with Gasteiger partial charge in [0, 0.05) is 37.9 Å². The number of aryl methyl sites for hydroxylation is 1. The molecule has 174 valence electrons. The van der Waals surface area contributed by atoms with Crippen LogP contribution in [-0.4, -0.2) is 72.4 Å². The molecule has 2 aromatic carbocycles. The van der Waals surface area contributed by atoms with Gasteiger partial charge in [-0.1, -0.05) is 12.1 Å². The highest BCUT2D eigenvalue weighted by molar-refractivity contribution is 7.92. The molecule has 1 saturated heterocycles. The van der Waals surface area contributed by atoms with Crippen LogP contribution in [0, 0.1) is 13.8 Å². The van der Waals surface area contributed by atoms with E-state index in [1.54, 1.807) is 23.1 Å². The van der Waals surface area contributed by atoms with Crippen LogP contribution in [0.15, 0.2) is 36.4 Å². The van der Waals surface area contributed by atoms with Gasteiger partial charge < -0.3 is 19.3 Å². The van der Waals surface area contributed by atoms with Crippen LogP contribution in [0.4, 0.5) is 11.4 Å². The molecule has 8 nitrogen and oxygen atoms in total. The van der Waals surface area contributed by atoms with Crippen molar-refractivity contribution in [2.45, 2.75) is 13.8 Å². The number of rotatable bonds is 7. The van der Waals surface area contributed by atoms with Gasteiger partial charge in [-0.05, 0) is 43.2 Å². The third kappa shape index (κ3) is 5.09. The smallest absolute Gasteiger partial charge is 0.243 e. The molecule has 0 aliphatic carbocycles. The molecule has 1 heterocycles. The number of amides is 1. The lowest BCUT2D eigenvalue weighted by atomic mass is 10.1. The maximum atomic E-state index is 13.1. The molecule has 3 rings (SSSR count). The lowest BCUT2D eigenvalue weighted by molar-refractivity contribution is -0.129. The van der Waals surface area contributed by atoms with E-state index < -0.39 is 10.0 Å². The first-order valence-corrected chi connectivity index (χ1v) is 12.3. The Balaban J connectivity index is 1.74. The lowest BCUT2D eigenvalue weighted by Gasteiger charge is -2.38. The second-order valence-corrected chi connectivity index (χ2v) is 9.80. The Morgan fingerprint density at radius 3 is 2.31 bits per heavy atom. The molecule has 0 unspecified atom stereocenters. The van der Waals surface area contributed by atoms with E-state index in [9.17, 15) is 13.2 Å². The molecule has 0 aromatic heterocycles. The minimum atomic E-state index is -3.71. The van der Waals surface area contributed by atoms with Crippen LogP contribution >= 0.6 is 0 Å². The topological polar surface area (TPSA) is 79.4 Å². The van der Waals surface area contributed by atoms with Crippen molar-refractivity contribution in [2.24, 2.45) is 0 Å². The molecule has 9 heteroatoms. The minimum Gasteiger partial charge on any atom is -0.497 e. The van der Waals surface area contributed by atoms with Crippen molar-refractivity contribution in [2.75, 3.05) is 62.4 Å². The van der Waals surface area contributed by atoms with Crippen LogP contribution in [0.1, 0.15) is 11.1 Å². The molecule has 1 amide bonds. The fourth-order valence-electron chi connectivity index (χ4n) is 3.87. The van der Waals surface area contributed by atoms with Gasteiger partial charge in [-0.2, -0.15) is 0 Å². The predicted octanol–water partition coefficient (Wildman–Crippen LogP) is 2.44. The Hall–Kier alpha value is -2.94. The normalized spacial score (nSPS) is 14.3. The van der Waals surface area contributed by atoms with Crippen LogP contribution in [0.3, 0.4) is 0 Å². The molecule has 32 heavy (non-hydrogen) atoms. The van der Waals surface area contributed by atoms with Gasteiger partial charge in [0.2, 0.25) is 15.9 Å². The highest BCUT2D eigenvalue weighted by Crippen LogP contribution is 2.33. The third-order valence-corrected chi connectivity index (χ3v) is 7.01. The van der Waals surface area contributed by atoms with Gasteiger partial charge in [0.05, 0.1) is 26.2 Å². The first-order chi connectivity index (χ1) is 15.2. The molecular weight excluding hydrogens is 430 g/mol. The van der Waals surface area contributed by atoms with Crippen molar-refractivity contribution in [1.29, 1.82) is 0 Å². The number of nitrogens with zero attached hydrogens (tertiary/aromatic N) is 3. The first kappa shape index (κ1) is 23.7. The van der Waals surface area contributed by atoms with E-state index in [0.29, 0.717) is 43.4 Å². The maximum Gasteiger partial charge on any atom is 0.243 e. The summed E-state index contributed by atoms with van der Waals surface area (Å²) >= 11 is 0. The number of carbonyl (C=O) groups is 1. The molecule has 2 aromatic rings. The van der Waals surface area contributed by atoms with Crippen LogP contribution in [0.25, 0.3) is 0 Å². The number of piperazine rings is 1. The zero-order valence-electron chi connectivity index (χ0n) is 19.3.